The summed E-state index contributed by atoms with van der Waals surface area (Å²) in [5.41, 5.74) is 0.242. The number of hydrogen-bond donors (Lipinski definition) is 1. The molecule has 2 aromatic rings. The van der Waals surface area contributed by atoms with Crippen molar-refractivity contribution >= 4 is 11.9 Å². The first kappa shape index (κ1) is 23.4. The molecule has 2 aromatic carbocycles. The topological polar surface area (TPSA) is 52.7 Å². The highest BCUT2D eigenvalue weighted by Gasteiger charge is 2.55. The number of amides is 3. The molecule has 2 aliphatic rings. The van der Waals surface area contributed by atoms with Crippen LogP contribution in [0.1, 0.15) is 37.8 Å². The fraction of sp³-hybridized carbons (Fsp3) is 0.462. The Balaban J connectivity index is 1.55. The molecule has 176 valence electrons. The summed E-state index contributed by atoms with van der Waals surface area (Å²) in [4.78, 5) is 30.0. The molecule has 5 nitrogen and oxygen atoms in total. The fourth-order valence-corrected chi connectivity index (χ4v) is 5.14. The van der Waals surface area contributed by atoms with Crippen molar-refractivity contribution in [3.8, 4) is 0 Å². The molecule has 2 aliphatic heterocycles. The van der Waals surface area contributed by atoms with E-state index in [-0.39, 0.29) is 41.8 Å². The number of benzene rings is 2. The van der Waals surface area contributed by atoms with E-state index < -0.39 is 5.54 Å². The number of rotatable bonds is 7. The summed E-state index contributed by atoms with van der Waals surface area (Å²) >= 11 is 0. The number of nitrogens with one attached hydrogen (secondary N) is 1. The third-order valence-electron chi connectivity index (χ3n) is 6.76. The summed E-state index contributed by atoms with van der Waals surface area (Å²) in [7, 11) is 0. The van der Waals surface area contributed by atoms with E-state index in [0.29, 0.717) is 50.1 Å². The lowest BCUT2D eigenvalue weighted by Gasteiger charge is -2.41. The predicted octanol–water partition coefficient (Wildman–Crippen LogP) is 4.37. The lowest BCUT2D eigenvalue weighted by molar-refractivity contribution is -0.134. The van der Waals surface area contributed by atoms with Gasteiger partial charge < -0.3 is 5.32 Å². The highest BCUT2D eigenvalue weighted by molar-refractivity contribution is 6.07. The average Bonchev–Trinajstić information content (AvgIpc) is 3.00. The molecule has 0 aromatic heterocycles. The lowest BCUT2D eigenvalue weighted by atomic mass is 9.73. The van der Waals surface area contributed by atoms with Crippen LogP contribution in [0, 0.1) is 23.5 Å². The Kier molecular flexibility index (Phi) is 6.79. The van der Waals surface area contributed by atoms with Crippen LogP contribution in [0.3, 0.4) is 0 Å². The minimum Gasteiger partial charge on any atom is -0.322 e. The second-order valence-corrected chi connectivity index (χ2v) is 9.66. The van der Waals surface area contributed by atoms with Crippen LogP contribution in [-0.4, -0.2) is 46.9 Å². The summed E-state index contributed by atoms with van der Waals surface area (Å²) in [6, 6.07) is 12.6. The van der Waals surface area contributed by atoms with E-state index in [9.17, 15) is 18.4 Å². The zero-order valence-corrected chi connectivity index (χ0v) is 19.2. The van der Waals surface area contributed by atoms with Crippen LogP contribution in [-0.2, 0) is 17.8 Å². The molecule has 1 unspecified atom stereocenters. The van der Waals surface area contributed by atoms with Crippen LogP contribution in [0.5, 0.6) is 0 Å². The van der Waals surface area contributed by atoms with E-state index >= 15 is 0 Å². The van der Waals surface area contributed by atoms with Gasteiger partial charge in [0.25, 0.3) is 5.91 Å². The number of carbonyl (C=O) groups excluding carboxylic acids is 2. The molecule has 1 N–H and O–H groups in total. The normalized spacial score (nSPS) is 22.3. The van der Waals surface area contributed by atoms with Crippen molar-refractivity contribution < 1.29 is 18.4 Å². The molecule has 2 saturated heterocycles. The maximum Gasteiger partial charge on any atom is 0.325 e. The number of halogens is 2. The van der Waals surface area contributed by atoms with Crippen molar-refractivity contribution in [2.45, 2.75) is 45.2 Å². The highest BCUT2D eigenvalue weighted by atomic mass is 19.1. The zero-order valence-electron chi connectivity index (χ0n) is 19.2. The Morgan fingerprint density at radius 2 is 1.79 bits per heavy atom. The van der Waals surface area contributed by atoms with Crippen LogP contribution < -0.4 is 5.32 Å². The van der Waals surface area contributed by atoms with Gasteiger partial charge in [-0.2, -0.15) is 0 Å². The number of carbonyl (C=O) groups is 2. The van der Waals surface area contributed by atoms with Crippen molar-refractivity contribution in [3.63, 3.8) is 0 Å². The SMILES string of the molecule is CC(C)CN1C(=O)NC(Cc2cccc(F)c2)(C2CCN(Cc3ccccc3F)CC2)C1=O. The standard InChI is InChI=1S/C26H31F2N3O2/c1-18(2)16-31-24(32)26(29-25(31)33,15-19-6-5-8-22(27)14-19)21-10-12-30(13-11-21)17-20-7-3-4-9-23(20)28/h3-9,14,18,21H,10-13,15-17H2,1-2H3,(H,29,33). The molecule has 0 aliphatic carbocycles. The Morgan fingerprint density at radius 1 is 1.06 bits per heavy atom. The Bertz CT molecular complexity index is 1020. The van der Waals surface area contributed by atoms with Crippen LogP contribution >= 0.6 is 0 Å². The Morgan fingerprint density at radius 3 is 2.45 bits per heavy atom. The largest absolute Gasteiger partial charge is 0.325 e. The van der Waals surface area contributed by atoms with Gasteiger partial charge >= 0.3 is 6.03 Å². The molecule has 7 heteroatoms. The van der Waals surface area contributed by atoms with Gasteiger partial charge in [0.1, 0.15) is 17.2 Å². The molecule has 1 atom stereocenters. The molecule has 0 spiro atoms. The third-order valence-corrected chi connectivity index (χ3v) is 6.76. The Hall–Kier alpha value is -2.80. The number of urea groups is 1. The molecular weight excluding hydrogens is 424 g/mol. The van der Waals surface area contributed by atoms with E-state index in [4.69, 9.17) is 0 Å². The number of imide groups is 1. The van der Waals surface area contributed by atoms with Gasteiger partial charge in [0.2, 0.25) is 0 Å². The van der Waals surface area contributed by atoms with Crippen LogP contribution in [0.4, 0.5) is 13.6 Å². The first-order valence-electron chi connectivity index (χ1n) is 11.6. The summed E-state index contributed by atoms with van der Waals surface area (Å²) in [6.45, 7) is 6.18. The van der Waals surface area contributed by atoms with Crippen molar-refractivity contribution in [1.29, 1.82) is 0 Å². The van der Waals surface area contributed by atoms with Crippen molar-refractivity contribution in [2.75, 3.05) is 19.6 Å². The number of piperidine rings is 1. The smallest absolute Gasteiger partial charge is 0.322 e. The highest BCUT2D eigenvalue weighted by Crippen LogP contribution is 2.37. The summed E-state index contributed by atoms with van der Waals surface area (Å²) in [5.74, 6) is -0.750. The number of hydrogen-bond acceptors (Lipinski definition) is 3. The van der Waals surface area contributed by atoms with E-state index in [1.807, 2.05) is 19.9 Å². The molecular formula is C26H31F2N3O2. The van der Waals surface area contributed by atoms with Crippen LogP contribution in [0.15, 0.2) is 48.5 Å². The van der Waals surface area contributed by atoms with Gasteiger partial charge in [-0.3, -0.25) is 14.6 Å². The quantitative estimate of drug-likeness (QED) is 0.631. The number of likely N-dealkylation sites (tertiary alicyclic amines) is 1. The maximum absolute atomic E-state index is 14.1. The lowest BCUT2D eigenvalue weighted by Crippen LogP contribution is -2.57. The molecule has 3 amide bonds. The molecule has 33 heavy (non-hydrogen) atoms. The first-order chi connectivity index (χ1) is 15.8. The van der Waals surface area contributed by atoms with Crippen LogP contribution in [0.25, 0.3) is 0 Å². The average molecular weight is 456 g/mol. The van der Waals surface area contributed by atoms with Crippen molar-refractivity contribution in [3.05, 3.63) is 71.3 Å². The summed E-state index contributed by atoms with van der Waals surface area (Å²) in [5, 5.41) is 3.02. The molecule has 2 heterocycles. The summed E-state index contributed by atoms with van der Waals surface area (Å²) < 4.78 is 28.0. The van der Waals surface area contributed by atoms with Gasteiger partial charge in [0.15, 0.2) is 0 Å². The predicted molar refractivity (Wildman–Crippen MR) is 122 cm³/mol. The van der Waals surface area contributed by atoms with Gasteiger partial charge in [0.05, 0.1) is 0 Å². The van der Waals surface area contributed by atoms with Gasteiger partial charge in [0, 0.05) is 25.1 Å². The van der Waals surface area contributed by atoms with E-state index in [0.717, 1.165) is 0 Å². The number of nitrogens with zero attached hydrogens (tertiary/aromatic N) is 2. The monoisotopic (exact) mass is 455 g/mol. The first-order valence-corrected chi connectivity index (χ1v) is 11.6. The van der Waals surface area contributed by atoms with E-state index in [1.54, 1.807) is 24.3 Å². The van der Waals surface area contributed by atoms with E-state index in [1.165, 1.54) is 23.1 Å². The van der Waals surface area contributed by atoms with E-state index in [2.05, 4.69) is 10.2 Å². The van der Waals surface area contributed by atoms with Crippen molar-refractivity contribution in [1.82, 2.24) is 15.1 Å². The van der Waals surface area contributed by atoms with Gasteiger partial charge in [-0.15, -0.1) is 0 Å². The molecule has 0 radical (unpaired) electrons. The Labute approximate surface area is 193 Å². The fourth-order valence-electron chi connectivity index (χ4n) is 5.14. The maximum atomic E-state index is 14.1. The minimum atomic E-state index is -1.09. The molecule has 2 fully saturated rings. The molecule has 4 rings (SSSR count). The molecule has 0 saturated carbocycles. The van der Waals surface area contributed by atoms with Crippen LogP contribution in [0.2, 0.25) is 0 Å². The van der Waals surface area contributed by atoms with Gasteiger partial charge in [-0.25, -0.2) is 13.6 Å². The summed E-state index contributed by atoms with van der Waals surface area (Å²) in [6.07, 6.45) is 1.62. The minimum absolute atomic E-state index is 0.0914. The van der Waals surface area contributed by atoms with Crippen molar-refractivity contribution in [2.24, 2.45) is 11.8 Å². The van der Waals surface area contributed by atoms with Gasteiger partial charge in [-0.05, 0) is 61.5 Å². The third kappa shape index (κ3) is 4.93. The second kappa shape index (κ2) is 9.59. The van der Waals surface area contributed by atoms with Gasteiger partial charge in [-0.1, -0.05) is 44.2 Å². The second-order valence-electron chi connectivity index (χ2n) is 9.66. The zero-order chi connectivity index (χ0) is 23.6. The molecule has 0 bridgehead atoms.